The van der Waals surface area contributed by atoms with Gasteiger partial charge in [0.2, 0.25) is 10.0 Å². The lowest BCUT2D eigenvalue weighted by Gasteiger charge is -2.31. The van der Waals surface area contributed by atoms with Crippen LogP contribution in [0.2, 0.25) is 0 Å². The maximum atomic E-state index is 11.4. The second kappa shape index (κ2) is 5.34. The van der Waals surface area contributed by atoms with Crippen molar-refractivity contribution in [3.05, 3.63) is 17.8 Å². The van der Waals surface area contributed by atoms with Crippen LogP contribution in [0.4, 0.5) is 11.5 Å². The van der Waals surface area contributed by atoms with Gasteiger partial charge in [0.25, 0.3) is 0 Å². The van der Waals surface area contributed by atoms with Gasteiger partial charge in [0.15, 0.2) is 0 Å². The number of piperidine rings is 1. The predicted octanol–water partition coefficient (Wildman–Crippen LogP) is 0.808. The Morgan fingerprint density at radius 2 is 2.05 bits per heavy atom. The summed E-state index contributed by atoms with van der Waals surface area (Å²) < 4.78 is 24.3. The molecule has 19 heavy (non-hydrogen) atoms. The van der Waals surface area contributed by atoms with Gasteiger partial charge >= 0.3 is 0 Å². The zero-order valence-corrected chi connectivity index (χ0v) is 12.1. The number of rotatable bonds is 3. The van der Waals surface area contributed by atoms with Crippen LogP contribution in [0, 0.1) is 6.92 Å². The fraction of sp³-hybridized carbons (Fsp3) is 0.583. The quantitative estimate of drug-likeness (QED) is 0.857. The lowest BCUT2D eigenvalue weighted by Crippen LogP contribution is -2.42. The molecule has 0 aliphatic carbocycles. The minimum atomic E-state index is -3.07. The number of hydrogen-bond donors (Lipinski definition) is 2. The van der Waals surface area contributed by atoms with E-state index >= 15 is 0 Å². The summed E-state index contributed by atoms with van der Waals surface area (Å²) in [7, 11) is -3.07. The summed E-state index contributed by atoms with van der Waals surface area (Å²) >= 11 is 0. The number of aryl methyl sites for hydroxylation is 1. The largest absolute Gasteiger partial charge is 0.396 e. The molecule has 0 atom stereocenters. The summed E-state index contributed by atoms with van der Waals surface area (Å²) in [5.74, 6) is 0.684. The molecule has 1 aromatic rings. The molecule has 1 aromatic heterocycles. The molecule has 0 bridgehead atoms. The van der Waals surface area contributed by atoms with Gasteiger partial charge in [0.05, 0.1) is 11.9 Å². The van der Waals surface area contributed by atoms with E-state index in [9.17, 15) is 8.42 Å². The number of sulfonamides is 1. The highest BCUT2D eigenvalue weighted by atomic mass is 32.2. The number of pyridine rings is 1. The number of aromatic nitrogens is 1. The average Bonchev–Trinajstić information content (AvgIpc) is 2.32. The Bertz CT molecular complexity index is 551. The fourth-order valence-corrected chi connectivity index (χ4v) is 3.11. The molecule has 2 rings (SSSR count). The lowest BCUT2D eigenvalue weighted by molar-refractivity contribution is 0.331. The van der Waals surface area contributed by atoms with Gasteiger partial charge in [-0.05, 0) is 31.4 Å². The van der Waals surface area contributed by atoms with Crippen LogP contribution in [0.5, 0.6) is 0 Å². The van der Waals surface area contributed by atoms with E-state index in [0.717, 1.165) is 18.4 Å². The van der Waals surface area contributed by atoms with E-state index in [4.69, 9.17) is 5.73 Å². The molecule has 0 amide bonds. The van der Waals surface area contributed by atoms with E-state index in [1.165, 1.54) is 10.6 Å². The van der Waals surface area contributed by atoms with E-state index < -0.39 is 10.0 Å². The maximum absolute atomic E-state index is 11.4. The molecule has 1 saturated heterocycles. The van der Waals surface area contributed by atoms with Crippen LogP contribution >= 0.6 is 0 Å². The van der Waals surface area contributed by atoms with Crippen molar-refractivity contribution in [1.82, 2.24) is 9.29 Å². The van der Waals surface area contributed by atoms with E-state index in [1.807, 2.05) is 13.0 Å². The molecule has 2 heterocycles. The Balaban J connectivity index is 1.96. The molecule has 6 nitrogen and oxygen atoms in total. The first-order valence-electron chi connectivity index (χ1n) is 6.30. The molecule has 3 N–H and O–H groups in total. The van der Waals surface area contributed by atoms with Crippen molar-refractivity contribution in [2.24, 2.45) is 0 Å². The number of nitrogen functional groups attached to an aromatic ring is 1. The summed E-state index contributed by atoms with van der Waals surface area (Å²) in [6.45, 7) is 3.03. The summed E-state index contributed by atoms with van der Waals surface area (Å²) in [6.07, 6.45) is 4.55. The maximum Gasteiger partial charge on any atom is 0.211 e. The topological polar surface area (TPSA) is 88.3 Å². The van der Waals surface area contributed by atoms with Crippen molar-refractivity contribution in [3.63, 3.8) is 0 Å². The fourth-order valence-electron chi connectivity index (χ4n) is 2.24. The lowest BCUT2D eigenvalue weighted by atomic mass is 10.1. The predicted molar refractivity (Wildman–Crippen MR) is 76.4 cm³/mol. The highest BCUT2D eigenvalue weighted by Crippen LogP contribution is 2.21. The van der Waals surface area contributed by atoms with Gasteiger partial charge in [-0.15, -0.1) is 0 Å². The first-order chi connectivity index (χ1) is 8.86. The Kier molecular flexibility index (Phi) is 3.96. The number of hydrogen-bond acceptors (Lipinski definition) is 5. The van der Waals surface area contributed by atoms with E-state index in [0.29, 0.717) is 24.6 Å². The molecule has 0 unspecified atom stereocenters. The smallest absolute Gasteiger partial charge is 0.211 e. The van der Waals surface area contributed by atoms with Crippen molar-refractivity contribution in [3.8, 4) is 0 Å². The third-order valence-electron chi connectivity index (χ3n) is 3.32. The Morgan fingerprint density at radius 1 is 1.42 bits per heavy atom. The molecule has 1 aliphatic rings. The van der Waals surface area contributed by atoms with E-state index in [1.54, 1.807) is 6.20 Å². The normalized spacial score (nSPS) is 18.4. The number of anilines is 2. The van der Waals surface area contributed by atoms with Crippen molar-refractivity contribution in [2.75, 3.05) is 30.4 Å². The van der Waals surface area contributed by atoms with Gasteiger partial charge in [0.1, 0.15) is 5.82 Å². The van der Waals surface area contributed by atoms with Gasteiger partial charge in [-0.25, -0.2) is 17.7 Å². The van der Waals surface area contributed by atoms with Crippen LogP contribution in [-0.2, 0) is 10.0 Å². The van der Waals surface area contributed by atoms with E-state index in [2.05, 4.69) is 10.3 Å². The Hall–Kier alpha value is -1.34. The second-order valence-corrected chi connectivity index (χ2v) is 7.01. The first-order valence-corrected chi connectivity index (χ1v) is 8.15. The molecule has 0 spiro atoms. The summed E-state index contributed by atoms with van der Waals surface area (Å²) in [6, 6.07) is 2.09. The molecular formula is C12H20N4O2S. The van der Waals surface area contributed by atoms with Crippen molar-refractivity contribution in [1.29, 1.82) is 0 Å². The molecular weight excluding hydrogens is 264 g/mol. The molecule has 0 radical (unpaired) electrons. The molecule has 106 valence electrons. The van der Waals surface area contributed by atoms with Gasteiger partial charge in [-0.1, -0.05) is 0 Å². The van der Waals surface area contributed by atoms with Gasteiger partial charge in [-0.3, -0.25) is 0 Å². The molecule has 0 aromatic carbocycles. The van der Waals surface area contributed by atoms with Crippen LogP contribution < -0.4 is 11.1 Å². The third kappa shape index (κ3) is 3.57. The SMILES string of the molecule is Cc1cnc(NC2CCN(S(C)(=O)=O)CC2)c(N)c1. The van der Waals surface area contributed by atoms with Crippen LogP contribution in [-0.4, -0.2) is 43.1 Å². The van der Waals surface area contributed by atoms with Crippen molar-refractivity contribution in [2.45, 2.75) is 25.8 Å². The Labute approximate surface area is 114 Å². The molecule has 7 heteroatoms. The minimum absolute atomic E-state index is 0.218. The summed E-state index contributed by atoms with van der Waals surface area (Å²) in [5, 5.41) is 3.29. The monoisotopic (exact) mass is 284 g/mol. The molecule has 1 aliphatic heterocycles. The highest BCUT2D eigenvalue weighted by molar-refractivity contribution is 7.88. The van der Waals surface area contributed by atoms with Crippen molar-refractivity contribution < 1.29 is 8.42 Å². The van der Waals surface area contributed by atoms with Gasteiger partial charge in [0, 0.05) is 25.3 Å². The highest BCUT2D eigenvalue weighted by Gasteiger charge is 2.25. The molecule has 0 saturated carbocycles. The van der Waals surface area contributed by atoms with Crippen molar-refractivity contribution >= 4 is 21.5 Å². The van der Waals surface area contributed by atoms with E-state index in [-0.39, 0.29) is 6.04 Å². The number of nitrogens with one attached hydrogen (secondary N) is 1. The standard InChI is InChI=1S/C12H20N4O2S/c1-9-7-11(13)12(14-8-9)15-10-3-5-16(6-4-10)19(2,17)18/h7-8,10H,3-6,13H2,1-2H3,(H,14,15). The van der Waals surface area contributed by atoms with Crippen LogP contribution in [0.3, 0.4) is 0 Å². The summed E-state index contributed by atoms with van der Waals surface area (Å²) in [4.78, 5) is 4.27. The van der Waals surface area contributed by atoms with Gasteiger partial charge in [-0.2, -0.15) is 0 Å². The zero-order valence-electron chi connectivity index (χ0n) is 11.3. The summed E-state index contributed by atoms with van der Waals surface area (Å²) in [5.41, 5.74) is 7.56. The van der Waals surface area contributed by atoms with Crippen LogP contribution in [0.15, 0.2) is 12.3 Å². The third-order valence-corrected chi connectivity index (χ3v) is 4.62. The Morgan fingerprint density at radius 3 is 2.58 bits per heavy atom. The number of nitrogens with two attached hydrogens (primary N) is 1. The molecule has 1 fully saturated rings. The number of nitrogens with zero attached hydrogens (tertiary/aromatic N) is 2. The minimum Gasteiger partial charge on any atom is -0.396 e. The first kappa shape index (κ1) is 14.1. The van der Waals surface area contributed by atoms with Crippen LogP contribution in [0.25, 0.3) is 0 Å². The average molecular weight is 284 g/mol. The zero-order chi connectivity index (χ0) is 14.0. The second-order valence-electron chi connectivity index (χ2n) is 5.03. The van der Waals surface area contributed by atoms with Gasteiger partial charge < -0.3 is 11.1 Å². The van der Waals surface area contributed by atoms with Crippen LogP contribution in [0.1, 0.15) is 18.4 Å².